The largest absolute Gasteiger partial charge is 0.454 e. The summed E-state index contributed by atoms with van der Waals surface area (Å²) in [6.45, 7) is 3.19. The highest BCUT2D eigenvalue weighted by atomic mass is 16.6. The van der Waals surface area contributed by atoms with Crippen molar-refractivity contribution in [2.75, 3.05) is 13.2 Å². The average molecular weight is 455 g/mol. The maximum Gasteiger partial charge on any atom is 0.349 e. The maximum absolute atomic E-state index is 11.6. The number of carbonyl (C=O) groups is 4. The number of esters is 4. The van der Waals surface area contributed by atoms with Crippen LogP contribution in [0.3, 0.4) is 0 Å². The molecule has 0 saturated carbocycles. The van der Waals surface area contributed by atoms with Gasteiger partial charge >= 0.3 is 23.9 Å². The summed E-state index contributed by atoms with van der Waals surface area (Å²) >= 11 is 0. The summed E-state index contributed by atoms with van der Waals surface area (Å²) in [5.41, 5.74) is 0. The smallest absolute Gasteiger partial charge is 0.349 e. The Kier molecular flexibility index (Phi) is 19.8. The number of rotatable bonds is 19. The van der Waals surface area contributed by atoms with E-state index < -0.39 is 37.1 Å². The van der Waals surface area contributed by atoms with Gasteiger partial charge in [0.1, 0.15) is 0 Å². The third-order valence-corrected chi connectivity index (χ3v) is 4.28. The Morgan fingerprint density at radius 2 is 0.969 bits per heavy atom. The van der Waals surface area contributed by atoms with Crippen molar-refractivity contribution in [3.05, 3.63) is 24.7 Å². The molecule has 182 valence electrons. The second kappa shape index (κ2) is 21.6. The number of carbonyl (C=O) groups excluding carboxylic acids is 4. The van der Waals surface area contributed by atoms with Crippen molar-refractivity contribution in [3.63, 3.8) is 0 Å². The van der Waals surface area contributed by atoms with Crippen molar-refractivity contribution in [1.82, 2.24) is 0 Å². The molecule has 0 fully saturated rings. The first-order chi connectivity index (χ1) is 15.5. The van der Waals surface area contributed by atoms with Crippen LogP contribution in [0.4, 0.5) is 0 Å². The quantitative estimate of drug-likeness (QED) is 0.117. The Morgan fingerprint density at radius 3 is 1.34 bits per heavy atom. The van der Waals surface area contributed by atoms with E-state index in [9.17, 15) is 19.2 Å². The summed E-state index contributed by atoms with van der Waals surface area (Å²) < 4.78 is 19.1. The number of ether oxygens (including phenoxy) is 4. The summed E-state index contributed by atoms with van der Waals surface area (Å²) in [5.74, 6) is -2.88. The van der Waals surface area contributed by atoms with E-state index in [4.69, 9.17) is 18.9 Å². The van der Waals surface area contributed by atoms with Gasteiger partial charge in [-0.3, -0.25) is 9.59 Å². The van der Waals surface area contributed by atoms with Crippen molar-refractivity contribution < 1.29 is 38.1 Å². The monoisotopic (exact) mass is 454 g/mol. The van der Waals surface area contributed by atoms with Crippen LogP contribution in [0.25, 0.3) is 0 Å². The van der Waals surface area contributed by atoms with E-state index in [1.807, 2.05) is 0 Å². The molecule has 0 aliphatic heterocycles. The SMILES string of the molecule is CCCCCCC=COC(=O)COC(=O)CCC(=O)OCC(=O)OC=CCCCCCC. The van der Waals surface area contributed by atoms with E-state index in [0.717, 1.165) is 51.4 Å². The summed E-state index contributed by atoms with van der Waals surface area (Å²) in [7, 11) is 0. The lowest BCUT2D eigenvalue weighted by atomic mass is 10.1. The lowest BCUT2D eigenvalue weighted by Crippen LogP contribution is -2.18. The van der Waals surface area contributed by atoms with Crippen LogP contribution < -0.4 is 0 Å². The zero-order valence-electron chi connectivity index (χ0n) is 19.5. The number of allylic oxidation sites excluding steroid dienone is 2. The average Bonchev–Trinajstić information content (AvgIpc) is 2.78. The van der Waals surface area contributed by atoms with Crippen molar-refractivity contribution in [3.8, 4) is 0 Å². The fourth-order valence-corrected chi connectivity index (χ4v) is 2.46. The zero-order valence-corrected chi connectivity index (χ0v) is 19.5. The fourth-order valence-electron chi connectivity index (χ4n) is 2.46. The first kappa shape index (κ1) is 29.4. The zero-order chi connectivity index (χ0) is 23.9. The molecule has 0 heterocycles. The molecule has 0 aromatic carbocycles. The lowest BCUT2D eigenvalue weighted by molar-refractivity contribution is -0.159. The molecule has 0 atom stereocenters. The van der Waals surface area contributed by atoms with Crippen LogP contribution >= 0.6 is 0 Å². The van der Waals surface area contributed by atoms with Gasteiger partial charge in [0.15, 0.2) is 13.2 Å². The van der Waals surface area contributed by atoms with Crippen molar-refractivity contribution in [2.45, 2.75) is 90.9 Å². The Bertz CT molecular complexity index is 543. The second-order valence-electron chi connectivity index (χ2n) is 7.24. The fraction of sp³-hybridized carbons (Fsp3) is 0.667. The molecule has 0 spiro atoms. The molecule has 0 unspecified atom stereocenters. The van der Waals surface area contributed by atoms with E-state index in [1.54, 1.807) is 12.2 Å². The van der Waals surface area contributed by atoms with Crippen LogP contribution in [0, 0.1) is 0 Å². The van der Waals surface area contributed by atoms with Crippen molar-refractivity contribution in [1.29, 1.82) is 0 Å². The van der Waals surface area contributed by atoms with Crippen LogP contribution in [0.5, 0.6) is 0 Å². The van der Waals surface area contributed by atoms with Gasteiger partial charge in [-0.15, -0.1) is 0 Å². The van der Waals surface area contributed by atoms with Crippen molar-refractivity contribution in [2.24, 2.45) is 0 Å². The van der Waals surface area contributed by atoms with E-state index in [1.165, 1.54) is 25.4 Å². The van der Waals surface area contributed by atoms with Gasteiger partial charge < -0.3 is 18.9 Å². The second-order valence-corrected chi connectivity index (χ2v) is 7.24. The molecule has 0 amide bonds. The summed E-state index contributed by atoms with van der Waals surface area (Å²) in [5, 5.41) is 0. The molecular weight excluding hydrogens is 416 g/mol. The third-order valence-electron chi connectivity index (χ3n) is 4.28. The summed E-state index contributed by atoms with van der Waals surface area (Å²) in [6.07, 6.45) is 16.2. The van der Waals surface area contributed by atoms with Gasteiger partial charge in [-0.05, 0) is 37.8 Å². The molecule has 0 bridgehead atoms. The van der Waals surface area contributed by atoms with E-state index >= 15 is 0 Å². The van der Waals surface area contributed by atoms with E-state index in [2.05, 4.69) is 13.8 Å². The maximum atomic E-state index is 11.6. The molecule has 0 radical (unpaired) electrons. The Morgan fingerprint density at radius 1 is 0.562 bits per heavy atom. The highest BCUT2D eigenvalue weighted by Crippen LogP contribution is 2.04. The third kappa shape index (κ3) is 20.6. The first-order valence-electron chi connectivity index (χ1n) is 11.5. The Balaban J connectivity index is 3.74. The highest BCUT2D eigenvalue weighted by Gasteiger charge is 2.13. The number of unbranched alkanes of at least 4 members (excludes halogenated alkanes) is 8. The minimum absolute atomic E-state index is 0.272. The minimum atomic E-state index is -0.740. The normalized spacial score (nSPS) is 10.9. The summed E-state index contributed by atoms with van der Waals surface area (Å²) in [6, 6.07) is 0. The predicted molar refractivity (Wildman–Crippen MR) is 119 cm³/mol. The molecule has 0 aliphatic carbocycles. The Hall–Kier alpha value is -2.64. The molecule has 0 aromatic heterocycles. The molecule has 8 nitrogen and oxygen atoms in total. The van der Waals surface area contributed by atoms with Crippen molar-refractivity contribution >= 4 is 23.9 Å². The molecular formula is C24H38O8. The minimum Gasteiger partial charge on any atom is -0.454 e. The highest BCUT2D eigenvalue weighted by molar-refractivity contribution is 5.81. The molecule has 0 saturated heterocycles. The van der Waals surface area contributed by atoms with Crippen LogP contribution in [-0.4, -0.2) is 37.1 Å². The van der Waals surface area contributed by atoms with Crippen LogP contribution in [0.1, 0.15) is 90.9 Å². The first-order valence-corrected chi connectivity index (χ1v) is 11.5. The van der Waals surface area contributed by atoms with Gasteiger partial charge in [-0.2, -0.15) is 0 Å². The van der Waals surface area contributed by atoms with E-state index in [0.29, 0.717) is 0 Å². The predicted octanol–water partition coefficient (Wildman–Crippen LogP) is 4.91. The summed E-state index contributed by atoms with van der Waals surface area (Å²) in [4.78, 5) is 46.1. The van der Waals surface area contributed by atoms with Gasteiger partial charge in [-0.1, -0.05) is 52.4 Å². The molecule has 0 N–H and O–H groups in total. The van der Waals surface area contributed by atoms with E-state index in [-0.39, 0.29) is 12.8 Å². The van der Waals surface area contributed by atoms with Crippen LogP contribution in [0.15, 0.2) is 24.7 Å². The Labute approximate surface area is 191 Å². The molecule has 0 aromatic rings. The van der Waals surface area contributed by atoms with Gasteiger partial charge in [0.25, 0.3) is 0 Å². The lowest BCUT2D eigenvalue weighted by Gasteiger charge is -2.05. The van der Waals surface area contributed by atoms with Gasteiger partial charge in [0, 0.05) is 0 Å². The molecule has 8 heteroatoms. The topological polar surface area (TPSA) is 105 Å². The molecule has 0 rings (SSSR count). The van der Waals surface area contributed by atoms with Gasteiger partial charge in [-0.25, -0.2) is 9.59 Å². The van der Waals surface area contributed by atoms with Gasteiger partial charge in [0.2, 0.25) is 0 Å². The molecule has 32 heavy (non-hydrogen) atoms. The van der Waals surface area contributed by atoms with Crippen LogP contribution in [0.2, 0.25) is 0 Å². The molecule has 0 aliphatic rings. The van der Waals surface area contributed by atoms with Gasteiger partial charge in [0.05, 0.1) is 25.4 Å². The number of hydrogen-bond donors (Lipinski definition) is 0. The number of hydrogen-bond acceptors (Lipinski definition) is 8. The standard InChI is InChI=1S/C24H38O8/c1-3-5-7-9-11-13-17-29-23(27)19-31-21(25)15-16-22(26)32-20-24(28)30-18-14-12-10-8-6-4-2/h13-14,17-18H,3-12,15-16,19-20H2,1-2H3. The van der Waals surface area contributed by atoms with Crippen LogP contribution in [-0.2, 0) is 38.1 Å².